The number of ether oxygens (including phenoxy) is 1. The number of rotatable bonds is 8. The van der Waals surface area contributed by atoms with Gasteiger partial charge in [-0.15, -0.1) is 0 Å². The lowest BCUT2D eigenvalue weighted by atomic mass is 10.2. The molecular formula is C16H20ClNO6S2. The largest absolute Gasteiger partial charge is 0.464 e. The average molecular weight is 422 g/mol. The lowest BCUT2D eigenvalue weighted by Gasteiger charge is -2.16. The summed E-state index contributed by atoms with van der Waals surface area (Å²) in [6.07, 6.45) is 1.63. The molecule has 0 aliphatic rings. The maximum atomic E-state index is 12.7. The number of furan rings is 1. The van der Waals surface area contributed by atoms with Crippen LogP contribution in [-0.4, -0.2) is 36.8 Å². The summed E-state index contributed by atoms with van der Waals surface area (Å²) in [6, 6.07) is 6.18. The van der Waals surface area contributed by atoms with Crippen molar-refractivity contribution in [2.24, 2.45) is 0 Å². The highest BCUT2D eigenvalue weighted by atomic mass is 35.5. The van der Waals surface area contributed by atoms with E-state index in [1.165, 1.54) is 19.2 Å². The molecule has 26 heavy (non-hydrogen) atoms. The predicted octanol–water partition coefficient (Wildman–Crippen LogP) is 2.56. The zero-order chi connectivity index (χ0) is 19.5. The third-order valence-corrected chi connectivity index (χ3v) is 6.67. The number of halogens is 1. The fourth-order valence-corrected chi connectivity index (χ4v) is 4.89. The van der Waals surface area contributed by atoms with E-state index < -0.39 is 25.9 Å². The van der Waals surface area contributed by atoms with Gasteiger partial charge in [0.1, 0.15) is 17.6 Å². The predicted molar refractivity (Wildman–Crippen MR) is 97.6 cm³/mol. The molecule has 0 amide bonds. The molecule has 0 unspecified atom stereocenters. The first kappa shape index (κ1) is 20.9. The van der Waals surface area contributed by atoms with E-state index in [9.17, 15) is 16.8 Å². The average Bonchev–Trinajstić information content (AvgIpc) is 3.02. The van der Waals surface area contributed by atoms with Crippen molar-refractivity contribution in [1.82, 2.24) is 4.72 Å². The number of nitrogens with one attached hydrogen (secondary N) is 1. The van der Waals surface area contributed by atoms with Gasteiger partial charge in [-0.3, -0.25) is 0 Å². The fraction of sp³-hybridized carbons (Fsp3) is 0.375. The molecule has 0 spiro atoms. The van der Waals surface area contributed by atoms with Gasteiger partial charge in [-0.2, -0.15) is 4.72 Å². The van der Waals surface area contributed by atoms with E-state index in [1.807, 2.05) is 6.92 Å². The molecule has 1 heterocycles. The molecule has 0 saturated heterocycles. The van der Waals surface area contributed by atoms with E-state index in [-0.39, 0.29) is 21.4 Å². The Kier molecular flexibility index (Phi) is 6.51. The fourth-order valence-electron chi connectivity index (χ4n) is 2.30. The van der Waals surface area contributed by atoms with Gasteiger partial charge in [0.2, 0.25) is 10.0 Å². The van der Waals surface area contributed by atoms with Gasteiger partial charge < -0.3 is 9.15 Å². The summed E-state index contributed by atoms with van der Waals surface area (Å²) >= 11 is 5.87. The van der Waals surface area contributed by atoms with Gasteiger partial charge in [-0.1, -0.05) is 18.5 Å². The van der Waals surface area contributed by atoms with Crippen LogP contribution in [0.1, 0.15) is 24.5 Å². The maximum absolute atomic E-state index is 12.7. The minimum absolute atomic E-state index is 0.0430. The van der Waals surface area contributed by atoms with Crippen molar-refractivity contribution in [1.29, 1.82) is 0 Å². The molecule has 0 aliphatic heterocycles. The Hall–Kier alpha value is -1.39. The Morgan fingerprint density at radius 1 is 1.19 bits per heavy atom. The molecule has 144 valence electrons. The van der Waals surface area contributed by atoms with Crippen molar-refractivity contribution in [3.05, 3.63) is 46.9 Å². The minimum atomic E-state index is -4.04. The van der Waals surface area contributed by atoms with Crippen LogP contribution in [0.4, 0.5) is 0 Å². The Bertz CT molecular complexity index is 982. The number of sulfonamides is 1. The van der Waals surface area contributed by atoms with Crippen LogP contribution in [0.15, 0.2) is 44.5 Å². The highest BCUT2D eigenvalue weighted by Gasteiger charge is 2.25. The number of benzene rings is 1. The summed E-state index contributed by atoms with van der Waals surface area (Å²) in [5.74, 6) is 1.12. The number of hydrogen-bond donors (Lipinski definition) is 1. The van der Waals surface area contributed by atoms with Crippen LogP contribution in [0, 0.1) is 0 Å². The van der Waals surface area contributed by atoms with Crippen molar-refractivity contribution in [2.45, 2.75) is 29.2 Å². The number of sulfone groups is 1. The van der Waals surface area contributed by atoms with Crippen LogP contribution in [0.3, 0.4) is 0 Å². The van der Waals surface area contributed by atoms with Crippen LogP contribution in [0.2, 0.25) is 5.02 Å². The van der Waals surface area contributed by atoms with E-state index >= 15 is 0 Å². The molecule has 1 aromatic heterocycles. The standard InChI is InChI=1S/C16H20ClNO6S2/c1-4-11-5-8-15(24-11)14(10-23-2)18-26(21,22)12-6-7-13(17)16(9-12)25(3,19)20/h5-9,14,18H,4,10H2,1-3H3/t14-/m1/s1. The van der Waals surface area contributed by atoms with Crippen molar-refractivity contribution < 1.29 is 26.0 Å². The maximum Gasteiger partial charge on any atom is 0.241 e. The van der Waals surface area contributed by atoms with Gasteiger partial charge >= 0.3 is 0 Å². The molecule has 0 radical (unpaired) electrons. The SMILES string of the molecule is CCc1ccc([C@@H](COC)NS(=O)(=O)c2ccc(Cl)c(S(C)(=O)=O)c2)o1. The van der Waals surface area contributed by atoms with Crippen LogP contribution >= 0.6 is 11.6 Å². The topological polar surface area (TPSA) is 103 Å². The van der Waals surface area contributed by atoms with Crippen molar-refractivity contribution >= 4 is 31.5 Å². The molecule has 0 aliphatic carbocycles. The first-order chi connectivity index (χ1) is 12.1. The van der Waals surface area contributed by atoms with Crippen molar-refractivity contribution in [2.75, 3.05) is 20.0 Å². The zero-order valence-corrected chi connectivity index (χ0v) is 16.9. The molecule has 0 fully saturated rings. The van der Waals surface area contributed by atoms with Crippen LogP contribution in [0.25, 0.3) is 0 Å². The third kappa shape index (κ3) is 4.86. The molecule has 0 bridgehead atoms. The van der Waals surface area contributed by atoms with Gasteiger partial charge in [0.25, 0.3) is 0 Å². The first-order valence-electron chi connectivity index (χ1n) is 7.68. The molecule has 2 rings (SSSR count). The number of hydrogen-bond acceptors (Lipinski definition) is 6. The molecule has 1 atom stereocenters. The van der Waals surface area contributed by atoms with Crippen LogP contribution in [-0.2, 0) is 31.0 Å². The molecule has 7 nitrogen and oxygen atoms in total. The molecule has 1 aromatic carbocycles. The quantitative estimate of drug-likeness (QED) is 0.702. The second kappa shape index (κ2) is 8.10. The Morgan fingerprint density at radius 3 is 2.42 bits per heavy atom. The molecular weight excluding hydrogens is 402 g/mol. The minimum Gasteiger partial charge on any atom is -0.464 e. The summed E-state index contributed by atoms with van der Waals surface area (Å²) in [5, 5.41) is -0.0430. The Morgan fingerprint density at radius 2 is 1.88 bits per heavy atom. The second-order valence-corrected chi connectivity index (χ2v) is 9.76. The summed E-state index contributed by atoms with van der Waals surface area (Å²) in [6.45, 7) is 1.96. The van der Waals surface area contributed by atoms with E-state index in [1.54, 1.807) is 12.1 Å². The normalized spacial score (nSPS) is 13.7. The van der Waals surface area contributed by atoms with Gasteiger partial charge in [-0.05, 0) is 30.3 Å². The monoisotopic (exact) mass is 421 g/mol. The third-order valence-electron chi connectivity index (χ3n) is 3.62. The molecule has 2 aromatic rings. The Balaban J connectivity index is 2.39. The number of methoxy groups -OCH3 is 1. The molecule has 1 N–H and O–H groups in total. The van der Waals surface area contributed by atoms with Gasteiger partial charge in [0.15, 0.2) is 9.84 Å². The second-order valence-electron chi connectivity index (χ2n) is 5.65. The summed E-state index contributed by atoms with van der Waals surface area (Å²) in [7, 11) is -6.27. The summed E-state index contributed by atoms with van der Waals surface area (Å²) in [5.41, 5.74) is 0. The molecule has 0 saturated carbocycles. The lowest BCUT2D eigenvalue weighted by Crippen LogP contribution is -2.31. The van der Waals surface area contributed by atoms with Crippen molar-refractivity contribution in [3.8, 4) is 0 Å². The summed E-state index contributed by atoms with van der Waals surface area (Å²) in [4.78, 5) is -0.470. The highest BCUT2D eigenvalue weighted by molar-refractivity contribution is 7.91. The van der Waals surface area contributed by atoms with Gasteiger partial charge in [0, 0.05) is 19.8 Å². The number of aryl methyl sites for hydroxylation is 1. The Labute approximate surface area is 158 Å². The van der Waals surface area contributed by atoms with Gasteiger partial charge in [0.05, 0.1) is 21.4 Å². The van der Waals surface area contributed by atoms with Crippen LogP contribution in [0.5, 0.6) is 0 Å². The van der Waals surface area contributed by atoms with E-state index in [0.717, 1.165) is 12.3 Å². The van der Waals surface area contributed by atoms with Gasteiger partial charge in [-0.25, -0.2) is 16.8 Å². The zero-order valence-electron chi connectivity index (χ0n) is 14.5. The van der Waals surface area contributed by atoms with E-state index in [4.69, 9.17) is 20.8 Å². The summed E-state index contributed by atoms with van der Waals surface area (Å²) < 4.78 is 62.1. The first-order valence-corrected chi connectivity index (χ1v) is 11.4. The van der Waals surface area contributed by atoms with E-state index in [2.05, 4.69) is 4.72 Å². The van der Waals surface area contributed by atoms with E-state index in [0.29, 0.717) is 17.9 Å². The lowest BCUT2D eigenvalue weighted by molar-refractivity contribution is 0.166. The smallest absolute Gasteiger partial charge is 0.241 e. The van der Waals surface area contributed by atoms with Crippen molar-refractivity contribution in [3.63, 3.8) is 0 Å². The van der Waals surface area contributed by atoms with Crippen LogP contribution < -0.4 is 4.72 Å². The highest BCUT2D eigenvalue weighted by Crippen LogP contribution is 2.26. The molecule has 10 heteroatoms.